The third-order valence-corrected chi connectivity index (χ3v) is 5.18. The second kappa shape index (κ2) is 7.43. The van der Waals surface area contributed by atoms with Gasteiger partial charge in [0, 0.05) is 17.8 Å². The molecule has 1 N–H and O–H groups in total. The summed E-state index contributed by atoms with van der Waals surface area (Å²) in [6.45, 7) is 6.40. The van der Waals surface area contributed by atoms with Crippen molar-refractivity contribution in [2.24, 2.45) is 0 Å². The van der Waals surface area contributed by atoms with Gasteiger partial charge < -0.3 is 15.0 Å². The molecule has 0 saturated heterocycles. The quantitative estimate of drug-likeness (QED) is 0.662. The number of carbonyl (C=O) groups is 2. The van der Waals surface area contributed by atoms with E-state index in [2.05, 4.69) is 5.32 Å². The Bertz CT molecular complexity index is 1120. The molecular formula is C24H22N2O3. The van der Waals surface area contributed by atoms with Gasteiger partial charge in [-0.3, -0.25) is 9.59 Å². The summed E-state index contributed by atoms with van der Waals surface area (Å²) in [6, 6.07) is 18.1. The predicted octanol–water partition coefficient (Wildman–Crippen LogP) is 5.33. The van der Waals surface area contributed by atoms with Crippen LogP contribution in [0.15, 0.2) is 60.7 Å². The zero-order chi connectivity index (χ0) is 20.5. The van der Waals surface area contributed by atoms with E-state index in [-0.39, 0.29) is 11.8 Å². The molecule has 0 radical (unpaired) electrons. The Morgan fingerprint density at radius 3 is 2.52 bits per heavy atom. The molecule has 5 nitrogen and oxygen atoms in total. The molecule has 2 amide bonds. The normalized spacial score (nSPS) is 12.5. The van der Waals surface area contributed by atoms with Crippen molar-refractivity contribution in [1.82, 2.24) is 0 Å². The van der Waals surface area contributed by atoms with Crippen LogP contribution in [0.4, 0.5) is 11.4 Å². The van der Waals surface area contributed by atoms with Gasteiger partial charge in [0.1, 0.15) is 5.75 Å². The Morgan fingerprint density at radius 1 is 0.966 bits per heavy atom. The van der Waals surface area contributed by atoms with Crippen LogP contribution < -0.4 is 15.0 Å². The first-order valence-electron chi connectivity index (χ1n) is 9.59. The standard InChI is InChI=1S/C24H22N2O3/c1-4-26-20-14-17(23(27)25-18-11-9-15(2)16(3)13-18)10-12-22(20)29-21-8-6-5-7-19(21)24(26)28/h5-14H,4H2,1-3H3,(H,25,27). The number of aryl methyl sites for hydroxylation is 2. The Morgan fingerprint density at radius 2 is 1.76 bits per heavy atom. The van der Waals surface area contributed by atoms with Gasteiger partial charge in [-0.05, 0) is 74.4 Å². The van der Waals surface area contributed by atoms with Crippen LogP contribution in [0.3, 0.4) is 0 Å². The number of nitrogens with zero attached hydrogens (tertiary/aromatic N) is 1. The number of anilines is 2. The maximum Gasteiger partial charge on any atom is 0.262 e. The molecule has 29 heavy (non-hydrogen) atoms. The fraction of sp³-hybridized carbons (Fsp3) is 0.167. The van der Waals surface area contributed by atoms with Crippen LogP contribution in [-0.2, 0) is 0 Å². The number of amides is 2. The highest BCUT2D eigenvalue weighted by atomic mass is 16.5. The van der Waals surface area contributed by atoms with Crippen molar-refractivity contribution < 1.29 is 14.3 Å². The number of fused-ring (bicyclic) bond motifs is 2. The highest BCUT2D eigenvalue weighted by Crippen LogP contribution is 2.39. The van der Waals surface area contributed by atoms with E-state index in [0.29, 0.717) is 34.9 Å². The van der Waals surface area contributed by atoms with Crippen molar-refractivity contribution >= 4 is 23.2 Å². The molecule has 0 unspecified atom stereocenters. The third kappa shape index (κ3) is 3.47. The van der Waals surface area contributed by atoms with Crippen molar-refractivity contribution in [1.29, 1.82) is 0 Å². The van der Waals surface area contributed by atoms with Gasteiger partial charge in [0.15, 0.2) is 5.75 Å². The van der Waals surface area contributed by atoms with Gasteiger partial charge in [-0.2, -0.15) is 0 Å². The summed E-state index contributed by atoms with van der Waals surface area (Å²) in [5.41, 5.74) is 4.57. The SMILES string of the molecule is CCN1C(=O)c2ccccc2Oc2ccc(C(=O)Nc3ccc(C)c(C)c3)cc21. The molecular weight excluding hydrogens is 364 g/mol. The molecule has 1 aliphatic heterocycles. The molecule has 0 aromatic heterocycles. The summed E-state index contributed by atoms with van der Waals surface area (Å²) in [4.78, 5) is 27.5. The minimum absolute atomic E-state index is 0.145. The first-order valence-corrected chi connectivity index (χ1v) is 9.59. The van der Waals surface area contributed by atoms with Crippen LogP contribution in [0.2, 0.25) is 0 Å². The number of ether oxygens (including phenoxy) is 1. The molecule has 5 heteroatoms. The molecule has 1 aliphatic rings. The maximum atomic E-state index is 13.0. The maximum absolute atomic E-state index is 13.0. The van der Waals surface area contributed by atoms with E-state index in [1.54, 1.807) is 35.2 Å². The molecule has 0 atom stereocenters. The molecule has 3 aromatic rings. The lowest BCUT2D eigenvalue weighted by molar-refractivity contribution is 0.0985. The Kier molecular flexibility index (Phi) is 4.80. The fourth-order valence-corrected chi connectivity index (χ4v) is 3.40. The zero-order valence-electron chi connectivity index (χ0n) is 16.7. The minimum Gasteiger partial charge on any atom is -0.454 e. The van der Waals surface area contributed by atoms with Gasteiger partial charge in [0.05, 0.1) is 11.3 Å². The molecule has 3 aromatic carbocycles. The summed E-state index contributed by atoms with van der Waals surface area (Å²) in [7, 11) is 0. The number of nitrogens with one attached hydrogen (secondary N) is 1. The lowest BCUT2D eigenvalue weighted by Gasteiger charge is -2.20. The smallest absolute Gasteiger partial charge is 0.262 e. The van der Waals surface area contributed by atoms with E-state index >= 15 is 0 Å². The van der Waals surface area contributed by atoms with Crippen LogP contribution in [0.25, 0.3) is 0 Å². The molecule has 0 saturated carbocycles. The average Bonchev–Trinajstić information content (AvgIpc) is 2.84. The highest BCUT2D eigenvalue weighted by molar-refractivity contribution is 6.11. The topological polar surface area (TPSA) is 58.6 Å². The van der Waals surface area contributed by atoms with E-state index in [1.165, 1.54) is 5.56 Å². The van der Waals surface area contributed by atoms with Gasteiger partial charge in [0.25, 0.3) is 11.8 Å². The number of para-hydroxylation sites is 1. The van der Waals surface area contributed by atoms with E-state index in [4.69, 9.17) is 4.74 Å². The summed E-state index contributed by atoms with van der Waals surface area (Å²) >= 11 is 0. The molecule has 0 spiro atoms. The van der Waals surface area contributed by atoms with E-state index in [9.17, 15) is 9.59 Å². The summed E-state index contributed by atoms with van der Waals surface area (Å²) in [5.74, 6) is 0.685. The third-order valence-electron chi connectivity index (χ3n) is 5.18. The van der Waals surface area contributed by atoms with E-state index in [0.717, 1.165) is 11.3 Å². The number of rotatable bonds is 3. The van der Waals surface area contributed by atoms with Crippen molar-refractivity contribution in [3.8, 4) is 11.5 Å². The largest absolute Gasteiger partial charge is 0.454 e. The second-order valence-electron chi connectivity index (χ2n) is 7.08. The van der Waals surface area contributed by atoms with Crippen LogP contribution in [-0.4, -0.2) is 18.4 Å². The van der Waals surface area contributed by atoms with Gasteiger partial charge >= 0.3 is 0 Å². The molecule has 0 aliphatic carbocycles. The minimum atomic E-state index is -0.235. The molecule has 1 heterocycles. The van der Waals surface area contributed by atoms with Gasteiger partial charge in [-0.25, -0.2) is 0 Å². The van der Waals surface area contributed by atoms with Crippen molar-refractivity contribution in [2.75, 3.05) is 16.8 Å². The van der Waals surface area contributed by atoms with Crippen LogP contribution >= 0.6 is 0 Å². The predicted molar refractivity (Wildman–Crippen MR) is 114 cm³/mol. The van der Waals surface area contributed by atoms with E-state index < -0.39 is 0 Å². The molecule has 0 fully saturated rings. The lowest BCUT2D eigenvalue weighted by Crippen LogP contribution is -2.30. The van der Waals surface area contributed by atoms with Crippen LogP contribution in [0.5, 0.6) is 11.5 Å². The first-order chi connectivity index (χ1) is 14.0. The zero-order valence-corrected chi connectivity index (χ0v) is 16.7. The van der Waals surface area contributed by atoms with Crippen molar-refractivity contribution in [3.63, 3.8) is 0 Å². The van der Waals surface area contributed by atoms with E-state index in [1.807, 2.05) is 51.1 Å². The van der Waals surface area contributed by atoms with Crippen LogP contribution in [0.1, 0.15) is 38.8 Å². The molecule has 146 valence electrons. The molecule has 4 rings (SSSR count). The van der Waals surface area contributed by atoms with Gasteiger partial charge in [0.2, 0.25) is 0 Å². The second-order valence-corrected chi connectivity index (χ2v) is 7.08. The Labute approximate surface area is 169 Å². The lowest BCUT2D eigenvalue weighted by atomic mass is 10.1. The number of hydrogen-bond acceptors (Lipinski definition) is 3. The highest BCUT2D eigenvalue weighted by Gasteiger charge is 2.27. The van der Waals surface area contributed by atoms with Crippen LogP contribution in [0, 0.1) is 13.8 Å². The average molecular weight is 386 g/mol. The summed E-state index contributed by atoms with van der Waals surface area (Å²) < 4.78 is 5.99. The van der Waals surface area contributed by atoms with Gasteiger partial charge in [-0.15, -0.1) is 0 Å². The fourth-order valence-electron chi connectivity index (χ4n) is 3.40. The first kappa shape index (κ1) is 18.7. The summed E-state index contributed by atoms with van der Waals surface area (Å²) in [5, 5.41) is 2.93. The number of hydrogen-bond donors (Lipinski definition) is 1. The van der Waals surface area contributed by atoms with Crippen molar-refractivity contribution in [3.05, 3.63) is 82.9 Å². The monoisotopic (exact) mass is 386 g/mol. The van der Waals surface area contributed by atoms with Gasteiger partial charge in [-0.1, -0.05) is 18.2 Å². The Balaban J connectivity index is 1.69. The number of benzene rings is 3. The van der Waals surface area contributed by atoms with Crippen molar-refractivity contribution in [2.45, 2.75) is 20.8 Å². The molecule has 0 bridgehead atoms. The summed E-state index contributed by atoms with van der Waals surface area (Å²) in [6.07, 6.45) is 0. The number of carbonyl (C=O) groups excluding carboxylic acids is 2. The Hall–Kier alpha value is -3.60.